The van der Waals surface area contributed by atoms with Crippen molar-refractivity contribution < 1.29 is 9.47 Å². The van der Waals surface area contributed by atoms with Crippen LogP contribution in [0, 0.1) is 0 Å². The van der Waals surface area contributed by atoms with Gasteiger partial charge in [-0.2, -0.15) is 0 Å². The lowest BCUT2D eigenvalue weighted by molar-refractivity contribution is -0.301. The van der Waals surface area contributed by atoms with Gasteiger partial charge in [0.1, 0.15) is 11.8 Å². The average Bonchev–Trinajstić information content (AvgIpc) is 3.24. The summed E-state index contributed by atoms with van der Waals surface area (Å²) in [4.78, 5) is 12.8. The minimum Gasteiger partial charge on any atom is -0.382 e. The Morgan fingerprint density at radius 3 is 2.72 bits per heavy atom. The molecule has 1 aliphatic carbocycles. The Hall–Kier alpha value is -1.77. The third-order valence-electron chi connectivity index (χ3n) is 5.96. The van der Waals surface area contributed by atoms with Gasteiger partial charge < -0.3 is 25.1 Å². The van der Waals surface area contributed by atoms with Gasteiger partial charge >= 0.3 is 0 Å². The van der Waals surface area contributed by atoms with Crippen LogP contribution in [0.3, 0.4) is 0 Å². The molecule has 5 rings (SSSR count). The molecule has 134 valence electrons. The van der Waals surface area contributed by atoms with Gasteiger partial charge in [0.2, 0.25) is 0 Å². The van der Waals surface area contributed by atoms with Gasteiger partial charge in [0, 0.05) is 19.4 Å². The van der Waals surface area contributed by atoms with Gasteiger partial charge in [-0.25, -0.2) is 15.0 Å². The van der Waals surface area contributed by atoms with Crippen LogP contribution in [0.1, 0.15) is 44.6 Å². The monoisotopic (exact) mass is 344 g/mol. The lowest BCUT2D eigenvalue weighted by Crippen LogP contribution is -2.58. The molecule has 8 nitrogen and oxygen atoms in total. The number of rotatable bonds is 1. The molecule has 25 heavy (non-hydrogen) atoms. The number of hydrogen-bond acceptors (Lipinski definition) is 7. The second-order valence-corrected chi connectivity index (χ2v) is 7.65. The Balaban J connectivity index is 1.34. The second kappa shape index (κ2) is 5.62. The maximum absolute atomic E-state index is 6.26. The fourth-order valence-corrected chi connectivity index (χ4v) is 4.49. The molecule has 2 aromatic heterocycles. The fourth-order valence-electron chi connectivity index (χ4n) is 4.49. The maximum atomic E-state index is 6.26. The van der Waals surface area contributed by atoms with Gasteiger partial charge in [0.25, 0.3) is 0 Å². The molecule has 2 aliphatic heterocycles. The third-order valence-corrected chi connectivity index (χ3v) is 5.96. The summed E-state index contributed by atoms with van der Waals surface area (Å²) in [6, 6.07) is 0.256. The first-order chi connectivity index (χ1) is 12.2. The fraction of sp³-hybridized carbons (Fsp3) is 0.706. The van der Waals surface area contributed by atoms with E-state index < -0.39 is 0 Å². The van der Waals surface area contributed by atoms with Crippen LogP contribution in [-0.2, 0) is 9.47 Å². The number of nitrogen functional groups attached to an aromatic ring is 1. The lowest BCUT2D eigenvalue weighted by Gasteiger charge is -2.46. The van der Waals surface area contributed by atoms with Crippen molar-refractivity contribution in [1.82, 2.24) is 24.8 Å². The van der Waals surface area contributed by atoms with E-state index >= 15 is 0 Å². The predicted molar refractivity (Wildman–Crippen MR) is 91.8 cm³/mol. The van der Waals surface area contributed by atoms with E-state index in [1.165, 1.54) is 25.6 Å². The van der Waals surface area contributed by atoms with Crippen LogP contribution in [-0.4, -0.2) is 50.6 Å². The first-order valence-corrected chi connectivity index (χ1v) is 9.15. The van der Waals surface area contributed by atoms with Crippen molar-refractivity contribution >= 4 is 17.0 Å². The molecule has 2 aromatic rings. The second-order valence-electron chi connectivity index (χ2n) is 7.65. The molecule has 0 unspecified atom stereocenters. The van der Waals surface area contributed by atoms with Crippen LogP contribution in [0.2, 0.25) is 0 Å². The molecule has 3 aliphatic rings. The van der Waals surface area contributed by atoms with Gasteiger partial charge in [-0.15, -0.1) is 0 Å². The van der Waals surface area contributed by atoms with Gasteiger partial charge in [-0.05, 0) is 19.3 Å². The van der Waals surface area contributed by atoms with Crippen LogP contribution >= 0.6 is 0 Å². The van der Waals surface area contributed by atoms with E-state index in [1.807, 2.05) is 6.33 Å². The van der Waals surface area contributed by atoms with Crippen LogP contribution in [0.25, 0.3) is 11.2 Å². The van der Waals surface area contributed by atoms with Gasteiger partial charge in [-0.1, -0.05) is 6.42 Å². The zero-order chi connectivity index (χ0) is 16.9. The molecule has 0 bridgehead atoms. The highest BCUT2D eigenvalue weighted by Gasteiger charge is 2.49. The van der Waals surface area contributed by atoms with E-state index in [1.54, 1.807) is 0 Å². The average molecular weight is 344 g/mol. The lowest BCUT2D eigenvalue weighted by atomic mass is 9.90. The summed E-state index contributed by atoms with van der Waals surface area (Å²) in [5, 5.41) is 3.64. The first kappa shape index (κ1) is 15.5. The molecular weight excluding hydrogens is 320 g/mol. The number of hydrogen-bond donors (Lipinski definition) is 2. The van der Waals surface area contributed by atoms with E-state index in [9.17, 15) is 0 Å². The van der Waals surface area contributed by atoms with E-state index in [0.29, 0.717) is 24.5 Å². The maximum Gasteiger partial charge on any atom is 0.168 e. The minimum absolute atomic E-state index is 0.122. The largest absolute Gasteiger partial charge is 0.382 e. The molecule has 1 atom stereocenters. The number of nitrogens with one attached hydrogen (secondary N) is 1. The molecule has 8 heteroatoms. The third kappa shape index (κ3) is 2.51. The number of nitrogens with zero attached hydrogens (tertiary/aromatic N) is 4. The van der Waals surface area contributed by atoms with E-state index in [0.717, 1.165) is 31.5 Å². The summed E-state index contributed by atoms with van der Waals surface area (Å²) in [6.45, 7) is 2.25. The minimum atomic E-state index is -0.327. The Morgan fingerprint density at radius 2 is 1.92 bits per heavy atom. The van der Waals surface area contributed by atoms with Crippen LogP contribution in [0.4, 0.5) is 5.82 Å². The number of imidazole rings is 1. The SMILES string of the molecule is Nc1ncnc2c1ncn2[C@@H]1CNC2(COC3(CCCCC3)OC2)C1. The van der Waals surface area contributed by atoms with Crippen molar-refractivity contribution in [1.29, 1.82) is 0 Å². The van der Waals surface area contributed by atoms with Crippen molar-refractivity contribution in [3.63, 3.8) is 0 Å². The Labute approximate surface area is 146 Å². The molecule has 4 heterocycles. The predicted octanol–water partition coefficient (Wildman–Crippen LogP) is 1.39. The summed E-state index contributed by atoms with van der Waals surface area (Å²) in [7, 11) is 0. The van der Waals surface area contributed by atoms with Gasteiger partial charge in [-0.3, -0.25) is 0 Å². The quantitative estimate of drug-likeness (QED) is 0.806. The molecule has 1 saturated carbocycles. The van der Waals surface area contributed by atoms with E-state index in [2.05, 4.69) is 24.8 Å². The van der Waals surface area contributed by atoms with Crippen molar-refractivity contribution in [2.24, 2.45) is 0 Å². The van der Waals surface area contributed by atoms with Crippen LogP contribution in [0.15, 0.2) is 12.7 Å². The summed E-state index contributed by atoms with van der Waals surface area (Å²) in [5.74, 6) is 0.0973. The highest BCUT2D eigenvalue weighted by Crippen LogP contribution is 2.41. The molecule has 0 amide bonds. The number of ether oxygens (including phenoxy) is 2. The summed E-state index contributed by atoms with van der Waals surface area (Å²) in [5.41, 5.74) is 7.24. The van der Waals surface area contributed by atoms with E-state index in [-0.39, 0.29) is 17.4 Å². The summed E-state index contributed by atoms with van der Waals surface area (Å²) in [6.07, 6.45) is 9.97. The highest BCUT2D eigenvalue weighted by atomic mass is 16.7. The number of anilines is 1. The van der Waals surface area contributed by atoms with E-state index in [4.69, 9.17) is 15.2 Å². The van der Waals surface area contributed by atoms with Gasteiger partial charge in [0.05, 0.1) is 31.1 Å². The molecule has 3 fully saturated rings. The van der Waals surface area contributed by atoms with Crippen molar-refractivity contribution in [2.75, 3.05) is 25.5 Å². The Bertz CT molecular complexity index is 775. The zero-order valence-electron chi connectivity index (χ0n) is 14.3. The van der Waals surface area contributed by atoms with Crippen molar-refractivity contribution in [3.05, 3.63) is 12.7 Å². The Kier molecular flexibility index (Phi) is 3.48. The molecule has 3 N–H and O–H groups in total. The number of aromatic nitrogens is 4. The van der Waals surface area contributed by atoms with Crippen LogP contribution < -0.4 is 11.1 Å². The molecule has 2 saturated heterocycles. The topological polar surface area (TPSA) is 100 Å². The van der Waals surface area contributed by atoms with Crippen LogP contribution in [0.5, 0.6) is 0 Å². The number of nitrogens with two attached hydrogens (primary N) is 1. The van der Waals surface area contributed by atoms with Crippen molar-refractivity contribution in [2.45, 2.75) is 55.9 Å². The standard InChI is InChI=1S/C17H24N6O2/c18-14-13-15(20-10-19-14)23(11-21-13)12-6-16(22-7-12)8-24-17(25-9-16)4-2-1-3-5-17/h10-12,22H,1-9H2,(H2,18,19,20)/t12-/m0/s1. The van der Waals surface area contributed by atoms with Gasteiger partial charge in [0.15, 0.2) is 17.3 Å². The smallest absolute Gasteiger partial charge is 0.168 e. The molecular formula is C17H24N6O2. The number of fused-ring (bicyclic) bond motifs is 1. The highest BCUT2D eigenvalue weighted by molar-refractivity contribution is 5.81. The normalized spacial score (nSPS) is 28.1. The summed E-state index contributed by atoms with van der Waals surface area (Å²) < 4.78 is 14.6. The zero-order valence-corrected chi connectivity index (χ0v) is 14.3. The molecule has 0 radical (unpaired) electrons. The Morgan fingerprint density at radius 1 is 1.12 bits per heavy atom. The molecule has 0 aromatic carbocycles. The molecule has 2 spiro atoms. The van der Waals surface area contributed by atoms with Crippen molar-refractivity contribution in [3.8, 4) is 0 Å². The first-order valence-electron chi connectivity index (χ1n) is 9.15. The summed E-state index contributed by atoms with van der Waals surface area (Å²) >= 11 is 0.